The predicted molar refractivity (Wildman–Crippen MR) is 85.2 cm³/mol. The molecule has 0 saturated heterocycles. The normalized spacial score (nSPS) is 12.2. The number of benzene rings is 1. The lowest BCUT2D eigenvalue weighted by atomic mass is 10.1. The minimum absolute atomic E-state index is 0.144. The van der Waals surface area contributed by atoms with E-state index in [0.29, 0.717) is 12.5 Å². The van der Waals surface area contributed by atoms with E-state index < -0.39 is 0 Å². The highest BCUT2D eigenvalue weighted by Gasteiger charge is 2.09. The third-order valence-electron chi connectivity index (χ3n) is 2.65. The second-order valence-electron chi connectivity index (χ2n) is 6.44. The molecule has 0 aliphatic carbocycles. The third-order valence-corrected chi connectivity index (χ3v) is 3.39. The molecule has 0 aliphatic rings. The van der Waals surface area contributed by atoms with Gasteiger partial charge in [-0.05, 0) is 43.9 Å². The molecule has 0 amide bonds. The van der Waals surface area contributed by atoms with E-state index in [2.05, 4.69) is 74.1 Å². The van der Waals surface area contributed by atoms with Crippen LogP contribution >= 0.6 is 15.9 Å². The number of hydrogen-bond donors (Lipinski definition) is 1. The Hall–Kier alpha value is -0.380. The van der Waals surface area contributed by atoms with Gasteiger partial charge in [-0.15, -0.1) is 0 Å². The largest absolute Gasteiger partial charge is 0.376 e. The quantitative estimate of drug-likeness (QED) is 0.829. The molecule has 1 aromatic carbocycles. The third kappa shape index (κ3) is 7.09. The summed E-state index contributed by atoms with van der Waals surface area (Å²) in [5.74, 6) is 0.578. The van der Waals surface area contributed by atoms with Crippen LogP contribution < -0.4 is 5.32 Å². The molecule has 2 nitrogen and oxygen atoms in total. The van der Waals surface area contributed by atoms with Crippen LogP contribution in [0.2, 0.25) is 0 Å². The maximum atomic E-state index is 5.67. The Morgan fingerprint density at radius 2 is 1.95 bits per heavy atom. The van der Waals surface area contributed by atoms with Gasteiger partial charge in [-0.2, -0.15) is 0 Å². The Balaban J connectivity index is 2.54. The molecular weight excluding hydrogens is 302 g/mol. The van der Waals surface area contributed by atoms with Crippen LogP contribution in [0.15, 0.2) is 22.7 Å². The van der Waals surface area contributed by atoms with Gasteiger partial charge in [0, 0.05) is 23.2 Å². The summed E-state index contributed by atoms with van der Waals surface area (Å²) in [6.45, 7) is 13.2. The van der Waals surface area contributed by atoms with Crippen LogP contribution in [0.25, 0.3) is 0 Å². The molecule has 0 saturated carbocycles. The monoisotopic (exact) mass is 327 g/mol. The van der Waals surface area contributed by atoms with Crippen molar-refractivity contribution in [3.8, 4) is 0 Å². The molecule has 19 heavy (non-hydrogen) atoms. The van der Waals surface area contributed by atoms with E-state index in [1.807, 2.05) is 0 Å². The highest BCUT2D eigenvalue weighted by atomic mass is 79.9. The minimum Gasteiger partial charge on any atom is -0.376 e. The van der Waals surface area contributed by atoms with Crippen LogP contribution in [0, 0.1) is 5.92 Å². The second kappa shape index (κ2) is 7.41. The molecule has 0 bridgehead atoms. The van der Waals surface area contributed by atoms with Gasteiger partial charge in [0.15, 0.2) is 0 Å². The van der Waals surface area contributed by atoms with Crippen molar-refractivity contribution in [1.29, 1.82) is 0 Å². The van der Waals surface area contributed by atoms with E-state index in [0.717, 1.165) is 17.6 Å². The zero-order valence-corrected chi connectivity index (χ0v) is 14.3. The van der Waals surface area contributed by atoms with E-state index in [9.17, 15) is 0 Å². The highest BCUT2D eigenvalue weighted by molar-refractivity contribution is 9.10. The van der Waals surface area contributed by atoms with Crippen LogP contribution in [0.1, 0.15) is 45.7 Å². The van der Waals surface area contributed by atoms with E-state index in [1.54, 1.807) is 0 Å². The van der Waals surface area contributed by atoms with Crippen LogP contribution in [0.5, 0.6) is 0 Å². The van der Waals surface area contributed by atoms with Crippen molar-refractivity contribution in [2.24, 2.45) is 5.92 Å². The van der Waals surface area contributed by atoms with Crippen LogP contribution in [0.4, 0.5) is 0 Å². The van der Waals surface area contributed by atoms with Crippen molar-refractivity contribution in [3.05, 3.63) is 33.8 Å². The molecule has 0 unspecified atom stereocenters. The Kier molecular flexibility index (Phi) is 6.51. The van der Waals surface area contributed by atoms with Gasteiger partial charge in [0.25, 0.3) is 0 Å². The molecule has 1 rings (SSSR count). The van der Waals surface area contributed by atoms with Crippen molar-refractivity contribution < 1.29 is 4.74 Å². The van der Waals surface area contributed by atoms with E-state index in [1.165, 1.54) is 11.1 Å². The predicted octanol–water partition coefficient (Wildman–Crippen LogP) is 4.51. The minimum atomic E-state index is 0.144. The van der Waals surface area contributed by atoms with Crippen LogP contribution in [-0.4, -0.2) is 12.1 Å². The number of halogens is 1. The fourth-order valence-corrected chi connectivity index (χ4v) is 2.13. The number of nitrogens with one attached hydrogen (secondary N) is 1. The van der Waals surface area contributed by atoms with Crippen LogP contribution in [0.3, 0.4) is 0 Å². The standard InChI is InChI=1S/C16H26BrNO/c1-12(2)10-19-11-14-7-6-13(8-15(14)17)9-18-16(3,4)5/h6-8,12,18H,9-11H2,1-5H3. The fraction of sp³-hybridized carbons (Fsp3) is 0.625. The van der Waals surface area contributed by atoms with E-state index in [4.69, 9.17) is 4.74 Å². The molecular formula is C16H26BrNO. The van der Waals surface area contributed by atoms with Gasteiger partial charge in [-0.25, -0.2) is 0 Å². The summed E-state index contributed by atoms with van der Waals surface area (Å²) in [6, 6.07) is 6.48. The summed E-state index contributed by atoms with van der Waals surface area (Å²) in [5.41, 5.74) is 2.64. The summed E-state index contributed by atoms with van der Waals surface area (Å²) >= 11 is 3.63. The average molecular weight is 328 g/mol. The molecule has 3 heteroatoms. The molecule has 1 N–H and O–H groups in total. The van der Waals surface area contributed by atoms with Gasteiger partial charge in [0.05, 0.1) is 6.61 Å². The maximum absolute atomic E-state index is 5.67. The molecule has 0 fully saturated rings. The number of ether oxygens (including phenoxy) is 1. The summed E-state index contributed by atoms with van der Waals surface area (Å²) < 4.78 is 6.80. The zero-order chi connectivity index (χ0) is 14.5. The molecule has 0 atom stereocenters. The molecule has 0 aliphatic heterocycles. The van der Waals surface area contributed by atoms with Crippen LogP contribution in [-0.2, 0) is 17.9 Å². The summed E-state index contributed by atoms with van der Waals surface area (Å²) in [7, 11) is 0. The van der Waals surface area contributed by atoms with Gasteiger partial charge in [-0.3, -0.25) is 0 Å². The Bertz CT molecular complexity index is 396. The van der Waals surface area contributed by atoms with Gasteiger partial charge < -0.3 is 10.1 Å². The number of rotatable bonds is 6. The van der Waals surface area contributed by atoms with Crippen molar-refractivity contribution in [3.63, 3.8) is 0 Å². The van der Waals surface area contributed by atoms with Crippen molar-refractivity contribution in [2.45, 2.75) is 53.3 Å². The lowest BCUT2D eigenvalue weighted by molar-refractivity contribution is 0.0967. The Morgan fingerprint density at radius 3 is 2.47 bits per heavy atom. The average Bonchev–Trinajstić information content (AvgIpc) is 2.27. The summed E-state index contributed by atoms with van der Waals surface area (Å²) in [6.07, 6.45) is 0. The van der Waals surface area contributed by atoms with Gasteiger partial charge >= 0.3 is 0 Å². The topological polar surface area (TPSA) is 21.3 Å². The lowest BCUT2D eigenvalue weighted by Crippen LogP contribution is -2.35. The van der Waals surface area contributed by atoms with Crippen molar-refractivity contribution in [2.75, 3.05) is 6.61 Å². The molecule has 0 heterocycles. The first-order chi connectivity index (χ1) is 8.78. The first-order valence-corrected chi connectivity index (χ1v) is 7.67. The van der Waals surface area contributed by atoms with E-state index >= 15 is 0 Å². The molecule has 0 spiro atoms. The number of hydrogen-bond acceptors (Lipinski definition) is 2. The molecule has 108 valence electrons. The van der Waals surface area contributed by atoms with Gasteiger partial charge in [0.2, 0.25) is 0 Å². The van der Waals surface area contributed by atoms with Crippen molar-refractivity contribution >= 4 is 15.9 Å². The van der Waals surface area contributed by atoms with Gasteiger partial charge in [-0.1, -0.05) is 41.9 Å². The maximum Gasteiger partial charge on any atom is 0.0727 e. The van der Waals surface area contributed by atoms with Crippen molar-refractivity contribution in [1.82, 2.24) is 5.32 Å². The fourth-order valence-electron chi connectivity index (χ4n) is 1.59. The second-order valence-corrected chi connectivity index (χ2v) is 7.29. The van der Waals surface area contributed by atoms with E-state index in [-0.39, 0.29) is 5.54 Å². The first kappa shape index (κ1) is 16.7. The molecule has 0 aromatic heterocycles. The van der Waals surface area contributed by atoms with Gasteiger partial charge in [0.1, 0.15) is 0 Å². The SMILES string of the molecule is CC(C)COCc1ccc(CNC(C)(C)C)cc1Br. The highest BCUT2D eigenvalue weighted by Crippen LogP contribution is 2.20. The first-order valence-electron chi connectivity index (χ1n) is 6.88. The summed E-state index contributed by atoms with van der Waals surface area (Å²) in [4.78, 5) is 0. The molecule has 0 radical (unpaired) electrons. The lowest BCUT2D eigenvalue weighted by Gasteiger charge is -2.20. The molecule has 1 aromatic rings. The Morgan fingerprint density at radius 1 is 1.26 bits per heavy atom. The smallest absolute Gasteiger partial charge is 0.0727 e. The zero-order valence-electron chi connectivity index (χ0n) is 12.7. The Labute approximate surface area is 126 Å². The summed E-state index contributed by atoms with van der Waals surface area (Å²) in [5, 5.41) is 3.49.